The summed E-state index contributed by atoms with van der Waals surface area (Å²) in [6, 6.07) is 33.8. The molecule has 0 aromatic heterocycles. The minimum Gasteiger partial charge on any atom is -0.483 e. The number of benzene rings is 4. The van der Waals surface area contributed by atoms with Gasteiger partial charge in [0.05, 0.1) is 13.2 Å². The molecule has 1 N–H and O–H groups in total. The van der Waals surface area contributed by atoms with Crippen molar-refractivity contribution in [3.63, 3.8) is 0 Å². The summed E-state index contributed by atoms with van der Waals surface area (Å²) >= 11 is 6.17. The molecule has 222 valence electrons. The van der Waals surface area contributed by atoms with Crippen LogP contribution in [0, 0.1) is 0 Å². The van der Waals surface area contributed by atoms with E-state index in [0.29, 0.717) is 28.8 Å². The lowest BCUT2D eigenvalue weighted by Crippen LogP contribution is -2.65. The molecule has 0 saturated carbocycles. The fourth-order valence-electron chi connectivity index (χ4n) is 5.12. The Hall–Kier alpha value is -3.92. The number of hydrogen-bond donors (Lipinski definition) is 1. The van der Waals surface area contributed by atoms with E-state index in [9.17, 15) is 4.79 Å². The Kier molecular flexibility index (Phi) is 9.21. The molecule has 2 fully saturated rings. The standard InChI is InChI=1S/C34H32ClNO7/c1-22(37)36-26-14-18-28(19-15-26)41-32-31(40-27-16-12-25(35)13-17-27)30-29(21-39-33(43-30)24-10-6-3-7-11-24)42-34(32)38-20-23-8-4-2-5-9-23/h2-19,29-34H,20-21H2,1H3,(H,36,37)/t29?,30-,31?,32?,33?,34+/m1/s1. The van der Waals surface area contributed by atoms with Crippen LogP contribution in [-0.2, 0) is 30.3 Å². The minimum absolute atomic E-state index is 0.157. The summed E-state index contributed by atoms with van der Waals surface area (Å²) in [4.78, 5) is 11.5. The third kappa shape index (κ3) is 7.36. The van der Waals surface area contributed by atoms with Crippen molar-refractivity contribution >= 4 is 23.2 Å². The number of carbonyl (C=O) groups excluding carboxylic acids is 1. The van der Waals surface area contributed by atoms with Gasteiger partial charge in [-0.2, -0.15) is 0 Å². The zero-order chi connectivity index (χ0) is 29.6. The molecule has 1 amide bonds. The van der Waals surface area contributed by atoms with Crippen molar-refractivity contribution in [2.45, 2.75) is 50.5 Å². The van der Waals surface area contributed by atoms with Crippen molar-refractivity contribution in [2.75, 3.05) is 11.9 Å². The van der Waals surface area contributed by atoms with Crippen molar-refractivity contribution in [3.8, 4) is 11.5 Å². The van der Waals surface area contributed by atoms with Crippen molar-refractivity contribution < 1.29 is 33.2 Å². The average Bonchev–Trinajstić information content (AvgIpc) is 3.03. The summed E-state index contributed by atoms with van der Waals surface area (Å²) in [5, 5.41) is 3.37. The molecule has 4 aromatic rings. The van der Waals surface area contributed by atoms with E-state index in [0.717, 1.165) is 11.1 Å². The maximum atomic E-state index is 11.5. The van der Waals surface area contributed by atoms with Gasteiger partial charge < -0.3 is 33.7 Å². The summed E-state index contributed by atoms with van der Waals surface area (Å²) in [5.74, 6) is 0.986. The first-order valence-electron chi connectivity index (χ1n) is 14.1. The predicted molar refractivity (Wildman–Crippen MR) is 161 cm³/mol. The number of halogens is 1. The highest BCUT2D eigenvalue weighted by Crippen LogP contribution is 2.38. The van der Waals surface area contributed by atoms with Crippen LogP contribution in [-0.4, -0.2) is 43.2 Å². The largest absolute Gasteiger partial charge is 0.483 e. The first-order chi connectivity index (χ1) is 21.0. The number of amides is 1. The Morgan fingerprint density at radius 3 is 2.12 bits per heavy atom. The molecule has 43 heavy (non-hydrogen) atoms. The summed E-state index contributed by atoms with van der Waals surface area (Å²) in [6.45, 7) is 2.03. The lowest BCUT2D eigenvalue weighted by molar-refractivity contribution is -0.356. The first-order valence-corrected chi connectivity index (χ1v) is 14.5. The highest BCUT2D eigenvalue weighted by atomic mass is 35.5. The molecular formula is C34H32ClNO7. The van der Waals surface area contributed by atoms with Crippen molar-refractivity contribution in [3.05, 3.63) is 125 Å². The van der Waals surface area contributed by atoms with Gasteiger partial charge in [-0.3, -0.25) is 4.79 Å². The number of nitrogens with one attached hydrogen (secondary N) is 1. The minimum atomic E-state index is -0.825. The maximum Gasteiger partial charge on any atom is 0.221 e. The zero-order valence-electron chi connectivity index (χ0n) is 23.5. The van der Waals surface area contributed by atoms with Crippen LogP contribution in [0.15, 0.2) is 109 Å². The molecule has 4 aromatic carbocycles. The van der Waals surface area contributed by atoms with Crippen LogP contribution >= 0.6 is 11.6 Å². The van der Waals surface area contributed by atoms with Gasteiger partial charge in [0.2, 0.25) is 5.91 Å². The fraction of sp³-hybridized carbons (Fsp3) is 0.265. The normalized spacial score (nSPS) is 24.9. The summed E-state index contributed by atoms with van der Waals surface area (Å²) in [5.41, 5.74) is 2.53. The van der Waals surface area contributed by atoms with Crippen molar-refractivity contribution in [1.29, 1.82) is 0 Å². The fourth-order valence-corrected chi connectivity index (χ4v) is 5.25. The van der Waals surface area contributed by atoms with Crippen LogP contribution in [0.25, 0.3) is 0 Å². The van der Waals surface area contributed by atoms with E-state index < -0.39 is 37.0 Å². The van der Waals surface area contributed by atoms with E-state index in [2.05, 4.69) is 5.32 Å². The third-order valence-corrected chi connectivity index (χ3v) is 7.40. The highest BCUT2D eigenvalue weighted by molar-refractivity contribution is 6.30. The number of rotatable bonds is 9. The van der Waals surface area contributed by atoms with E-state index >= 15 is 0 Å². The number of anilines is 1. The van der Waals surface area contributed by atoms with Gasteiger partial charge in [-0.25, -0.2) is 0 Å². The van der Waals surface area contributed by atoms with E-state index in [1.807, 2.05) is 60.7 Å². The molecule has 4 unspecified atom stereocenters. The molecule has 0 aliphatic carbocycles. The quantitative estimate of drug-likeness (QED) is 0.233. The maximum absolute atomic E-state index is 11.5. The van der Waals surface area contributed by atoms with Crippen LogP contribution < -0.4 is 14.8 Å². The molecule has 6 rings (SSSR count). The molecular weight excluding hydrogens is 570 g/mol. The molecule has 2 aliphatic rings. The Labute approximate surface area is 255 Å². The topological polar surface area (TPSA) is 84.5 Å². The molecule has 0 bridgehead atoms. The van der Waals surface area contributed by atoms with Crippen molar-refractivity contribution in [1.82, 2.24) is 0 Å². The van der Waals surface area contributed by atoms with Gasteiger partial charge >= 0.3 is 0 Å². The molecule has 2 heterocycles. The highest BCUT2D eigenvalue weighted by Gasteiger charge is 2.53. The molecule has 8 nitrogen and oxygen atoms in total. The molecule has 2 aliphatic heterocycles. The monoisotopic (exact) mass is 601 g/mol. The van der Waals surface area contributed by atoms with Crippen LogP contribution in [0.3, 0.4) is 0 Å². The second-order valence-electron chi connectivity index (χ2n) is 10.3. The number of carbonyl (C=O) groups is 1. The molecule has 0 radical (unpaired) electrons. The Morgan fingerprint density at radius 1 is 0.814 bits per heavy atom. The average molecular weight is 602 g/mol. The number of ether oxygens (including phenoxy) is 6. The zero-order valence-corrected chi connectivity index (χ0v) is 24.3. The van der Waals surface area contributed by atoms with Gasteiger partial charge in [-0.1, -0.05) is 72.3 Å². The molecule has 0 spiro atoms. The summed E-state index contributed by atoms with van der Waals surface area (Å²) < 4.78 is 38.7. The Bertz CT molecular complexity index is 1470. The van der Waals surface area contributed by atoms with Crippen LogP contribution in [0.5, 0.6) is 11.5 Å². The van der Waals surface area contributed by atoms with Crippen molar-refractivity contribution in [2.24, 2.45) is 0 Å². The first kappa shape index (κ1) is 29.2. The van der Waals surface area contributed by atoms with Gasteiger partial charge in [-0.05, 0) is 54.1 Å². The Morgan fingerprint density at radius 2 is 1.44 bits per heavy atom. The molecule has 6 atom stereocenters. The summed E-state index contributed by atoms with van der Waals surface area (Å²) in [7, 11) is 0. The van der Waals surface area contributed by atoms with Gasteiger partial charge in [0.25, 0.3) is 0 Å². The van der Waals surface area contributed by atoms with Gasteiger partial charge in [0, 0.05) is 23.2 Å². The predicted octanol–water partition coefficient (Wildman–Crippen LogP) is 6.55. The lowest BCUT2D eigenvalue weighted by Gasteiger charge is -2.48. The summed E-state index contributed by atoms with van der Waals surface area (Å²) in [6.07, 6.45) is -3.89. The molecule has 2 saturated heterocycles. The van der Waals surface area contributed by atoms with E-state index in [-0.39, 0.29) is 12.5 Å². The number of fused-ring (bicyclic) bond motifs is 1. The number of hydrogen-bond acceptors (Lipinski definition) is 7. The van der Waals surface area contributed by atoms with Crippen LogP contribution in [0.4, 0.5) is 5.69 Å². The van der Waals surface area contributed by atoms with E-state index in [1.165, 1.54) is 6.92 Å². The third-order valence-electron chi connectivity index (χ3n) is 7.15. The van der Waals surface area contributed by atoms with Gasteiger partial charge in [0.1, 0.15) is 23.7 Å². The smallest absolute Gasteiger partial charge is 0.221 e. The van der Waals surface area contributed by atoms with Crippen LogP contribution in [0.2, 0.25) is 5.02 Å². The second kappa shape index (κ2) is 13.6. The van der Waals surface area contributed by atoms with Crippen LogP contribution in [0.1, 0.15) is 24.3 Å². The van der Waals surface area contributed by atoms with E-state index in [4.69, 9.17) is 40.0 Å². The SMILES string of the molecule is CC(=O)Nc1ccc(OC2C(Oc3ccc(Cl)cc3)[C@@H]3OC(c4ccccc4)OCC3O[C@@H]2OCc2ccccc2)cc1. The molecule has 9 heteroatoms. The van der Waals surface area contributed by atoms with E-state index in [1.54, 1.807) is 48.5 Å². The van der Waals surface area contributed by atoms with Gasteiger partial charge in [-0.15, -0.1) is 0 Å². The second-order valence-corrected chi connectivity index (χ2v) is 10.8. The van der Waals surface area contributed by atoms with Gasteiger partial charge in [0.15, 0.2) is 24.8 Å². The lowest BCUT2D eigenvalue weighted by atomic mass is 9.97. The Balaban J connectivity index is 1.33.